The van der Waals surface area contributed by atoms with Gasteiger partial charge in [-0.1, -0.05) is 17.7 Å². The maximum absolute atomic E-state index is 5.78. The fraction of sp³-hybridized carbons (Fsp3) is 0.500. The average molecular weight is 302 g/mol. The minimum atomic E-state index is 0.00871. The molecule has 0 saturated carbocycles. The van der Waals surface area contributed by atoms with Crippen molar-refractivity contribution in [2.45, 2.75) is 26.0 Å². The standard InChI is InChI=1S/C16H22N4O2/c1-11-3-4-14(21-2)13(7-11)9-17-8-12-5-6-22-15(12)16-18-10-19-20-16/h3-4,7,10,12,15,17H,5-6,8-9H2,1-2H3,(H,18,19,20)/t12-,15-/m0/s1. The molecule has 0 bridgehead atoms. The van der Waals surface area contributed by atoms with Gasteiger partial charge in [0.1, 0.15) is 18.2 Å². The molecule has 1 aromatic heterocycles. The summed E-state index contributed by atoms with van der Waals surface area (Å²) in [5, 5.41) is 10.3. The lowest BCUT2D eigenvalue weighted by Crippen LogP contribution is -2.25. The minimum Gasteiger partial charge on any atom is -0.496 e. The highest BCUT2D eigenvalue weighted by molar-refractivity contribution is 5.36. The average Bonchev–Trinajstić information content (AvgIpc) is 3.18. The summed E-state index contributed by atoms with van der Waals surface area (Å²) in [5.74, 6) is 2.15. The lowest BCUT2D eigenvalue weighted by Gasteiger charge is -2.17. The van der Waals surface area contributed by atoms with Crippen LogP contribution in [0.4, 0.5) is 0 Å². The van der Waals surface area contributed by atoms with Crippen LogP contribution < -0.4 is 10.1 Å². The van der Waals surface area contributed by atoms with Gasteiger partial charge in [-0.3, -0.25) is 5.10 Å². The Kier molecular flexibility index (Phi) is 4.70. The van der Waals surface area contributed by atoms with Gasteiger partial charge in [-0.05, 0) is 19.4 Å². The van der Waals surface area contributed by atoms with E-state index in [1.54, 1.807) is 7.11 Å². The van der Waals surface area contributed by atoms with Crippen LogP contribution in [0.3, 0.4) is 0 Å². The van der Waals surface area contributed by atoms with Gasteiger partial charge in [-0.2, -0.15) is 5.10 Å². The van der Waals surface area contributed by atoms with Crippen LogP contribution in [-0.4, -0.2) is 35.4 Å². The Morgan fingerprint density at radius 3 is 3.14 bits per heavy atom. The zero-order chi connectivity index (χ0) is 15.4. The number of rotatable bonds is 6. The third-order valence-corrected chi connectivity index (χ3v) is 4.08. The van der Waals surface area contributed by atoms with Crippen LogP contribution >= 0.6 is 0 Å². The molecule has 1 aliphatic heterocycles. The summed E-state index contributed by atoms with van der Waals surface area (Å²) in [6, 6.07) is 6.24. The van der Waals surface area contributed by atoms with Crippen LogP contribution in [0.15, 0.2) is 24.5 Å². The summed E-state index contributed by atoms with van der Waals surface area (Å²) in [7, 11) is 1.71. The first kappa shape index (κ1) is 15.0. The second-order valence-electron chi connectivity index (χ2n) is 5.66. The zero-order valence-corrected chi connectivity index (χ0v) is 13.0. The number of aryl methyl sites for hydroxylation is 1. The van der Waals surface area contributed by atoms with Crippen molar-refractivity contribution in [3.05, 3.63) is 41.5 Å². The number of aromatic nitrogens is 3. The Balaban J connectivity index is 1.58. The van der Waals surface area contributed by atoms with Crippen molar-refractivity contribution < 1.29 is 9.47 Å². The lowest BCUT2D eigenvalue weighted by molar-refractivity contribution is 0.0835. The number of H-pyrrole nitrogens is 1. The van der Waals surface area contributed by atoms with Gasteiger partial charge in [0.25, 0.3) is 0 Å². The number of hydrogen-bond acceptors (Lipinski definition) is 5. The van der Waals surface area contributed by atoms with Gasteiger partial charge in [0.15, 0.2) is 5.82 Å². The molecule has 2 atom stereocenters. The highest BCUT2D eigenvalue weighted by Gasteiger charge is 2.31. The number of hydrogen-bond donors (Lipinski definition) is 2. The molecule has 2 aromatic rings. The van der Waals surface area contributed by atoms with Crippen molar-refractivity contribution in [1.29, 1.82) is 0 Å². The minimum absolute atomic E-state index is 0.00871. The van der Waals surface area contributed by atoms with E-state index in [9.17, 15) is 0 Å². The molecule has 2 N–H and O–H groups in total. The molecule has 1 saturated heterocycles. The summed E-state index contributed by atoms with van der Waals surface area (Å²) in [6.45, 7) is 4.52. The van der Waals surface area contributed by atoms with Crippen molar-refractivity contribution >= 4 is 0 Å². The van der Waals surface area contributed by atoms with Crippen molar-refractivity contribution in [2.24, 2.45) is 5.92 Å². The predicted octanol–water partition coefficient (Wildman–Crippen LogP) is 1.99. The summed E-state index contributed by atoms with van der Waals surface area (Å²) < 4.78 is 11.2. The van der Waals surface area contributed by atoms with E-state index < -0.39 is 0 Å². The highest BCUT2D eigenvalue weighted by Crippen LogP contribution is 2.32. The summed E-state index contributed by atoms with van der Waals surface area (Å²) in [4.78, 5) is 4.21. The summed E-state index contributed by atoms with van der Waals surface area (Å²) >= 11 is 0. The maximum Gasteiger partial charge on any atom is 0.153 e. The largest absolute Gasteiger partial charge is 0.496 e. The van der Waals surface area contributed by atoms with Gasteiger partial charge in [0.2, 0.25) is 0 Å². The summed E-state index contributed by atoms with van der Waals surface area (Å²) in [6.07, 6.45) is 2.57. The van der Waals surface area contributed by atoms with E-state index in [0.717, 1.165) is 37.7 Å². The molecule has 0 amide bonds. The molecule has 22 heavy (non-hydrogen) atoms. The Hall–Kier alpha value is -1.92. The van der Waals surface area contributed by atoms with Crippen molar-refractivity contribution in [1.82, 2.24) is 20.5 Å². The molecule has 2 heterocycles. The molecule has 6 nitrogen and oxygen atoms in total. The number of ether oxygens (including phenoxy) is 2. The molecule has 1 aliphatic rings. The van der Waals surface area contributed by atoms with Gasteiger partial charge >= 0.3 is 0 Å². The molecule has 6 heteroatoms. The second-order valence-corrected chi connectivity index (χ2v) is 5.66. The Labute approximate surface area is 130 Å². The number of nitrogens with one attached hydrogen (secondary N) is 2. The third-order valence-electron chi connectivity index (χ3n) is 4.08. The smallest absolute Gasteiger partial charge is 0.153 e. The van der Waals surface area contributed by atoms with Crippen molar-refractivity contribution in [3.63, 3.8) is 0 Å². The molecule has 118 valence electrons. The van der Waals surface area contributed by atoms with E-state index in [1.165, 1.54) is 17.5 Å². The number of benzene rings is 1. The molecular weight excluding hydrogens is 280 g/mol. The number of methoxy groups -OCH3 is 1. The molecule has 0 radical (unpaired) electrons. The van der Waals surface area contributed by atoms with E-state index in [0.29, 0.717) is 5.92 Å². The van der Waals surface area contributed by atoms with Gasteiger partial charge in [0, 0.05) is 31.2 Å². The van der Waals surface area contributed by atoms with Crippen LogP contribution in [0.1, 0.15) is 29.5 Å². The van der Waals surface area contributed by atoms with Crippen LogP contribution in [-0.2, 0) is 11.3 Å². The highest BCUT2D eigenvalue weighted by atomic mass is 16.5. The molecule has 0 aliphatic carbocycles. The SMILES string of the molecule is COc1ccc(C)cc1CNC[C@@H]1CCO[C@@H]1c1ncn[nH]1. The second kappa shape index (κ2) is 6.89. The zero-order valence-electron chi connectivity index (χ0n) is 13.0. The summed E-state index contributed by atoms with van der Waals surface area (Å²) in [5.41, 5.74) is 2.42. The first-order valence-corrected chi connectivity index (χ1v) is 7.59. The van der Waals surface area contributed by atoms with Crippen molar-refractivity contribution in [3.8, 4) is 5.75 Å². The molecular formula is C16H22N4O2. The third kappa shape index (κ3) is 3.28. The fourth-order valence-electron chi connectivity index (χ4n) is 2.93. The van der Waals surface area contributed by atoms with E-state index in [2.05, 4.69) is 39.6 Å². The number of nitrogens with zero attached hydrogens (tertiary/aromatic N) is 2. The van der Waals surface area contributed by atoms with Gasteiger partial charge in [-0.25, -0.2) is 4.98 Å². The normalized spacial score (nSPS) is 21.2. The Morgan fingerprint density at radius 2 is 2.36 bits per heavy atom. The quantitative estimate of drug-likeness (QED) is 0.854. The molecule has 1 aromatic carbocycles. The topological polar surface area (TPSA) is 72.1 Å². The maximum atomic E-state index is 5.78. The van der Waals surface area contributed by atoms with Gasteiger partial charge in [-0.15, -0.1) is 0 Å². The van der Waals surface area contributed by atoms with Crippen LogP contribution in [0.2, 0.25) is 0 Å². The van der Waals surface area contributed by atoms with Crippen molar-refractivity contribution in [2.75, 3.05) is 20.3 Å². The van der Waals surface area contributed by atoms with E-state index >= 15 is 0 Å². The molecule has 1 fully saturated rings. The monoisotopic (exact) mass is 302 g/mol. The van der Waals surface area contributed by atoms with E-state index in [-0.39, 0.29) is 6.10 Å². The molecule has 0 spiro atoms. The Morgan fingerprint density at radius 1 is 1.45 bits per heavy atom. The number of aromatic amines is 1. The first-order chi connectivity index (χ1) is 10.8. The van der Waals surface area contributed by atoms with Crippen LogP contribution in [0.5, 0.6) is 5.75 Å². The van der Waals surface area contributed by atoms with Gasteiger partial charge in [0.05, 0.1) is 7.11 Å². The predicted molar refractivity (Wildman–Crippen MR) is 82.6 cm³/mol. The molecule has 0 unspecified atom stereocenters. The molecule has 3 rings (SSSR count). The van der Waals surface area contributed by atoms with Crippen LogP contribution in [0, 0.1) is 12.8 Å². The Bertz CT molecular complexity index is 600. The lowest BCUT2D eigenvalue weighted by atomic mass is 10.0. The van der Waals surface area contributed by atoms with E-state index in [4.69, 9.17) is 9.47 Å². The van der Waals surface area contributed by atoms with Gasteiger partial charge < -0.3 is 14.8 Å². The van der Waals surface area contributed by atoms with Crippen LogP contribution in [0.25, 0.3) is 0 Å². The fourth-order valence-corrected chi connectivity index (χ4v) is 2.93. The first-order valence-electron chi connectivity index (χ1n) is 7.59. The van der Waals surface area contributed by atoms with E-state index in [1.807, 2.05) is 6.07 Å².